The van der Waals surface area contributed by atoms with Crippen molar-refractivity contribution >= 4 is 0 Å². The maximum Gasteiger partial charge on any atom is 0.231 e. The maximum atomic E-state index is 5.45. The van der Waals surface area contributed by atoms with Crippen LogP contribution in [0.4, 0.5) is 0 Å². The molecule has 0 atom stereocenters. The summed E-state index contributed by atoms with van der Waals surface area (Å²) in [5, 5.41) is 11.1. The first-order valence-corrected chi connectivity index (χ1v) is 5.76. The van der Waals surface area contributed by atoms with Crippen molar-refractivity contribution in [2.75, 3.05) is 6.79 Å². The van der Waals surface area contributed by atoms with Crippen LogP contribution in [0.25, 0.3) is 0 Å². The van der Waals surface area contributed by atoms with E-state index in [1.807, 2.05) is 25.2 Å². The van der Waals surface area contributed by atoms with Gasteiger partial charge in [-0.3, -0.25) is 4.68 Å². The number of benzene rings is 1. The lowest BCUT2D eigenvalue weighted by Gasteiger charge is -2.07. The molecule has 18 heavy (non-hydrogen) atoms. The molecule has 6 heteroatoms. The number of ether oxygens (including phenoxy) is 2. The number of aryl methyl sites for hydroxylation is 1. The van der Waals surface area contributed by atoms with Gasteiger partial charge in [-0.25, -0.2) is 0 Å². The molecule has 0 spiro atoms. The zero-order chi connectivity index (χ0) is 12.4. The lowest BCUT2D eigenvalue weighted by molar-refractivity contribution is 0.173. The number of aromatic nitrogens is 3. The summed E-state index contributed by atoms with van der Waals surface area (Å²) in [6, 6.07) is 5.91. The molecule has 1 aliphatic rings. The Bertz CT molecular complexity index is 553. The first-order chi connectivity index (χ1) is 8.84. The number of hydrogen-bond acceptors (Lipinski definition) is 5. The molecule has 0 unspecified atom stereocenters. The van der Waals surface area contributed by atoms with E-state index in [1.165, 1.54) is 0 Å². The van der Waals surface area contributed by atoms with E-state index in [0.717, 1.165) is 29.3 Å². The van der Waals surface area contributed by atoms with Crippen LogP contribution in [0.3, 0.4) is 0 Å². The third-order valence-electron chi connectivity index (χ3n) is 2.91. The maximum absolute atomic E-state index is 5.45. The second-order valence-electron chi connectivity index (χ2n) is 4.10. The Kier molecular flexibility index (Phi) is 2.85. The molecule has 6 nitrogen and oxygen atoms in total. The molecule has 0 saturated heterocycles. The van der Waals surface area contributed by atoms with Gasteiger partial charge in [-0.1, -0.05) is 17.3 Å². The largest absolute Gasteiger partial charge is 0.454 e. The van der Waals surface area contributed by atoms with Crippen LogP contribution in [-0.4, -0.2) is 21.8 Å². The lowest BCUT2D eigenvalue weighted by Crippen LogP contribution is -2.15. The van der Waals surface area contributed by atoms with Crippen molar-refractivity contribution in [3.8, 4) is 11.5 Å². The highest BCUT2D eigenvalue weighted by Crippen LogP contribution is 2.35. The first kappa shape index (κ1) is 11.0. The van der Waals surface area contributed by atoms with Crippen LogP contribution < -0.4 is 14.8 Å². The number of nitrogens with one attached hydrogen (secondary N) is 1. The standard InChI is InChI=1S/C12H14N4O2/c1-16-10(7-14-15-16)6-13-5-9-3-2-4-11-12(9)18-8-17-11/h2-4,7,13H,5-6,8H2,1H3. The number of fused-ring (bicyclic) bond motifs is 1. The monoisotopic (exact) mass is 246 g/mol. The van der Waals surface area contributed by atoms with E-state index in [4.69, 9.17) is 9.47 Å². The Morgan fingerprint density at radius 1 is 1.33 bits per heavy atom. The predicted molar refractivity (Wildman–Crippen MR) is 64.1 cm³/mol. The van der Waals surface area contributed by atoms with Crippen molar-refractivity contribution in [1.29, 1.82) is 0 Å². The number of rotatable bonds is 4. The van der Waals surface area contributed by atoms with E-state index in [0.29, 0.717) is 13.3 Å². The van der Waals surface area contributed by atoms with Crippen molar-refractivity contribution in [1.82, 2.24) is 20.3 Å². The molecule has 2 aromatic rings. The van der Waals surface area contributed by atoms with E-state index >= 15 is 0 Å². The van der Waals surface area contributed by atoms with E-state index in [9.17, 15) is 0 Å². The average Bonchev–Trinajstić information content (AvgIpc) is 2.99. The predicted octanol–water partition coefficient (Wildman–Crippen LogP) is 0.834. The Labute approximate surface area is 105 Å². The highest BCUT2D eigenvalue weighted by Gasteiger charge is 2.16. The third kappa shape index (κ3) is 2.02. The summed E-state index contributed by atoms with van der Waals surface area (Å²) in [5.41, 5.74) is 2.14. The van der Waals surface area contributed by atoms with Crippen molar-refractivity contribution in [2.45, 2.75) is 13.1 Å². The molecular formula is C12H14N4O2. The van der Waals surface area contributed by atoms with Gasteiger partial charge in [-0.2, -0.15) is 0 Å². The van der Waals surface area contributed by atoms with Crippen molar-refractivity contribution in [3.05, 3.63) is 35.7 Å². The van der Waals surface area contributed by atoms with Crippen LogP contribution in [0.2, 0.25) is 0 Å². The molecule has 1 aromatic heterocycles. The van der Waals surface area contributed by atoms with Crippen molar-refractivity contribution in [3.63, 3.8) is 0 Å². The number of nitrogens with zero attached hydrogens (tertiary/aromatic N) is 3. The molecule has 1 aliphatic heterocycles. The molecule has 94 valence electrons. The minimum Gasteiger partial charge on any atom is -0.454 e. The van der Waals surface area contributed by atoms with Crippen molar-refractivity contribution < 1.29 is 9.47 Å². The minimum absolute atomic E-state index is 0.304. The zero-order valence-electron chi connectivity index (χ0n) is 10.1. The number of hydrogen-bond donors (Lipinski definition) is 1. The summed E-state index contributed by atoms with van der Waals surface area (Å²) in [5.74, 6) is 1.66. The summed E-state index contributed by atoms with van der Waals surface area (Å²) in [6.45, 7) is 1.74. The van der Waals surface area contributed by atoms with E-state index in [1.54, 1.807) is 10.9 Å². The van der Waals surface area contributed by atoms with E-state index in [-0.39, 0.29) is 0 Å². The molecule has 2 heterocycles. The van der Waals surface area contributed by atoms with Gasteiger partial charge in [0.2, 0.25) is 6.79 Å². The molecule has 0 saturated carbocycles. The Morgan fingerprint density at radius 2 is 2.28 bits per heavy atom. The van der Waals surface area contributed by atoms with Gasteiger partial charge in [0.25, 0.3) is 0 Å². The highest BCUT2D eigenvalue weighted by molar-refractivity contribution is 5.48. The van der Waals surface area contributed by atoms with Crippen molar-refractivity contribution in [2.24, 2.45) is 7.05 Å². The third-order valence-corrected chi connectivity index (χ3v) is 2.91. The SMILES string of the molecule is Cn1nncc1CNCc1cccc2c1OCO2. The Morgan fingerprint density at radius 3 is 3.11 bits per heavy atom. The molecule has 3 rings (SSSR count). The van der Waals surface area contributed by atoms with Crippen LogP contribution in [0.15, 0.2) is 24.4 Å². The van der Waals surface area contributed by atoms with Gasteiger partial charge in [0, 0.05) is 25.7 Å². The molecule has 0 bridgehead atoms. The Balaban J connectivity index is 1.64. The topological polar surface area (TPSA) is 61.2 Å². The zero-order valence-corrected chi connectivity index (χ0v) is 10.1. The second kappa shape index (κ2) is 4.66. The molecule has 0 radical (unpaired) electrons. The fraction of sp³-hybridized carbons (Fsp3) is 0.333. The fourth-order valence-corrected chi connectivity index (χ4v) is 1.93. The first-order valence-electron chi connectivity index (χ1n) is 5.76. The molecule has 1 N–H and O–H groups in total. The molecule has 0 fully saturated rings. The lowest BCUT2D eigenvalue weighted by atomic mass is 10.2. The van der Waals surface area contributed by atoms with E-state index < -0.39 is 0 Å². The minimum atomic E-state index is 0.304. The molecular weight excluding hydrogens is 232 g/mol. The van der Waals surface area contributed by atoms with Gasteiger partial charge >= 0.3 is 0 Å². The van der Waals surface area contributed by atoms with E-state index in [2.05, 4.69) is 15.6 Å². The quantitative estimate of drug-likeness (QED) is 0.866. The number of para-hydroxylation sites is 1. The summed E-state index contributed by atoms with van der Waals surface area (Å²) in [6.07, 6.45) is 1.75. The van der Waals surface area contributed by atoms with Gasteiger partial charge in [-0.15, -0.1) is 5.10 Å². The smallest absolute Gasteiger partial charge is 0.231 e. The average molecular weight is 246 g/mol. The molecule has 1 aromatic carbocycles. The van der Waals surface area contributed by atoms with Crippen LogP contribution in [0, 0.1) is 0 Å². The van der Waals surface area contributed by atoms with Gasteiger partial charge in [0.05, 0.1) is 11.9 Å². The fourth-order valence-electron chi connectivity index (χ4n) is 1.93. The van der Waals surface area contributed by atoms with Gasteiger partial charge in [0.15, 0.2) is 11.5 Å². The summed E-state index contributed by atoms with van der Waals surface area (Å²) < 4.78 is 12.5. The van der Waals surface area contributed by atoms with Crippen LogP contribution in [0.1, 0.15) is 11.3 Å². The normalized spacial score (nSPS) is 12.9. The Hall–Kier alpha value is -2.08. The van der Waals surface area contributed by atoms with Crippen LogP contribution in [0.5, 0.6) is 11.5 Å². The van der Waals surface area contributed by atoms with Gasteiger partial charge in [0.1, 0.15) is 0 Å². The summed E-state index contributed by atoms with van der Waals surface area (Å²) in [7, 11) is 1.88. The van der Waals surface area contributed by atoms with Crippen LogP contribution in [-0.2, 0) is 20.1 Å². The summed E-state index contributed by atoms with van der Waals surface area (Å²) in [4.78, 5) is 0. The highest BCUT2D eigenvalue weighted by atomic mass is 16.7. The molecule has 0 aliphatic carbocycles. The molecule has 0 amide bonds. The second-order valence-corrected chi connectivity index (χ2v) is 4.10. The van der Waals surface area contributed by atoms with Gasteiger partial charge in [-0.05, 0) is 6.07 Å². The van der Waals surface area contributed by atoms with Crippen LogP contribution >= 0.6 is 0 Å². The summed E-state index contributed by atoms with van der Waals surface area (Å²) >= 11 is 0. The van der Waals surface area contributed by atoms with Gasteiger partial charge < -0.3 is 14.8 Å².